The van der Waals surface area contributed by atoms with Gasteiger partial charge in [0, 0.05) is 32.1 Å². The number of fused-ring (bicyclic) bond motifs is 2. The van der Waals surface area contributed by atoms with Crippen LogP contribution < -0.4 is 5.32 Å². The first-order valence-corrected chi connectivity index (χ1v) is 7.24. The molecule has 0 aromatic carbocycles. The Balaban J connectivity index is 0.00000120. The molecule has 4 unspecified atom stereocenters. The summed E-state index contributed by atoms with van der Waals surface area (Å²) >= 11 is 0. The molecule has 1 heterocycles. The number of piperazine rings is 1. The van der Waals surface area contributed by atoms with Gasteiger partial charge in [-0.2, -0.15) is 0 Å². The average molecular weight is 273 g/mol. The van der Waals surface area contributed by atoms with Crippen LogP contribution in [0.2, 0.25) is 0 Å². The summed E-state index contributed by atoms with van der Waals surface area (Å²) in [5.74, 6) is 2.96. The van der Waals surface area contributed by atoms with E-state index in [0.717, 1.165) is 37.9 Å². The number of amides is 1. The summed E-state index contributed by atoms with van der Waals surface area (Å²) in [7, 11) is 0. The average Bonchev–Trinajstić information content (AvgIpc) is 2.91. The Hall–Kier alpha value is -0.280. The van der Waals surface area contributed by atoms with E-state index in [0.29, 0.717) is 17.9 Å². The molecule has 0 aromatic heterocycles. The number of rotatable bonds is 2. The lowest BCUT2D eigenvalue weighted by Gasteiger charge is -2.35. The van der Waals surface area contributed by atoms with Crippen LogP contribution in [0.1, 0.15) is 39.0 Å². The van der Waals surface area contributed by atoms with Crippen LogP contribution in [0.15, 0.2) is 0 Å². The molecular formula is C14H25ClN2O. The highest BCUT2D eigenvalue weighted by Gasteiger charge is 2.41. The monoisotopic (exact) mass is 272 g/mol. The van der Waals surface area contributed by atoms with Gasteiger partial charge in [0.05, 0.1) is 0 Å². The summed E-state index contributed by atoms with van der Waals surface area (Å²) in [5.41, 5.74) is 0. The van der Waals surface area contributed by atoms with E-state index in [1.807, 2.05) is 0 Å². The molecule has 1 saturated heterocycles. The van der Waals surface area contributed by atoms with Crippen molar-refractivity contribution >= 4 is 18.3 Å². The van der Waals surface area contributed by atoms with Crippen molar-refractivity contribution < 1.29 is 4.79 Å². The topological polar surface area (TPSA) is 32.3 Å². The van der Waals surface area contributed by atoms with Crippen LogP contribution >= 0.6 is 12.4 Å². The van der Waals surface area contributed by atoms with Gasteiger partial charge in [-0.3, -0.25) is 4.79 Å². The van der Waals surface area contributed by atoms with E-state index in [-0.39, 0.29) is 12.4 Å². The van der Waals surface area contributed by atoms with E-state index >= 15 is 0 Å². The molecule has 0 spiro atoms. The molecule has 3 fully saturated rings. The zero-order chi connectivity index (χ0) is 11.8. The van der Waals surface area contributed by atoms with E-state index in [4.69, 9.17) is 0 Å². The predicted octanol–water partition coefficient (Wildman–Crippen LogP) is 2.05. The molecule has 1 aliphatic heterocycles. The molecule has 2 aliphatic carbocycles. The molecule has 3 aliphatic rings. The largest absolute Gasteiger partial charge is 0.337 e. The Labute approximate surface area is 116 Å². The first-order valence-electron chi connectivity index (χ1n) is 7.24. The van der Waals surface area contributed by atoms with Gasteiger partial charge in [0.15, 0.2) is 0 Å². The van der Waals surface area contributed by atoms with Gasteiger partial charge in [0.2, 0.25) is 5.91 Å². The Bertz CT molecular complexity index is 310. The lowest BCUT2D eigenvalue weighted by atomic mass is 9.86. The molecule has 0 radical (unpaired) electrons. The van der Waals surface area contributed by atoms with Gasteiger partial charge in [-0.05, 0) is 43.9 Å². The van der Waals surface area contributed by atoms with Crippen LogP contribution in [0.4, 0.5) is 0 Å². The van der Waals surface area contributed by atoms with Crippen molar-refractivity contribution in [3.05, 3.63) is 0 Å². The predicted molar refractivity (Wildman–Crippen MR) is 74.8 cm³/mol. The number of nitrogens with one attached hydrogen (secondary N) is 1. The van der Waals surface area contributed by atoms with Gasteiger partial charge in [-0.1, -0.05) is 6.42 Å². The normalized spacial score (nSPS) is 38.6. The van der Waals surface area contributed by atoms with Crippen molar-refractivity contribution in [3.8, 4) is 0 Å². The Morgan fingerprint density at radius 1 is 1.33 bits per heavy atom. The zero-order valence-electron chi connectivity index (χ0n) is 11.2. The second kappa shape index (κ2) is 5.79. The summed E-state index contributed by atoms with van der Waals surface area (Å²) in [6, 6.07) is 0.384. The standard InChI is InChI=1S/C14H24N2O.ClH/c1-10-9-15-4-5-16(10)14(17)8-13-7-11-2-3-12(13)6-11;/h10-13,15H,2-9H2,1H3;1H. The smallest absolute Gasteiger partial charge is 0.223 e. The highest BCUT2D eigenvalue weighted by molar-refractivity contribution is 5.85. The third-order valence-corrected chi connectivity index (χ3v) is 5.14. The fraction of sp³-hybridized carbons (Fsp3) is 0.929. The molecule has 4 heteroatoms. The van der Waals surface area contributed by atoms with Crippen LogP contribution in [-0.2, 0) is 4.79 Å². The Morgan fingerprint density at radius 3 is 2.78 bits per heavy atom. The van der Waals surface area contributed by atoms with Crippen molar-refractivity contribution in [1.29, 1.82) is 0 Å². The summed E-state index contributed by atoms with van der Waals surface area (Å²) < 4.78 is 0. The van der Waals surface area contributed by atoms with Gasteiger partial charge >= 0.3 is 0 Å². The zero-order valence-corrected chi connectivity index (χ0v) is 12.0. The van der Waals surface area contributed by atoms with Crippen LogP contribution in [0, 0.1) is 17.8 Å². The molecular weight excluding hydrogens is 248 g/mol. The maximum atomic E-state index is 12.3. The molecule has 3 rings (SSSR count). The number of hydrogen-bond donors (Lipinski definition) is 1. The fourth-order valence-corrected chi connectivity index (χ4v) is 4.18. The minimum atomic E-state index is 0. The molecule has 0 aromatic rings. The summed E-state index contributed by atoms with van der Waals surface area (Å²) in [6.07, 6.45) is 6.39. The quantitative estimate of drug-likeness (QED) is 0.835. The number of hydrogen-bond acceptors (Lipinski definition) is 2. The molecule has 2 saturated carbocycles. The van der Waals surface area contributed by atoms with Crippen molar-refractivity contribution in [2.24, 2.45) is 17.8 Å². The van der Waals surface area contributed by atoms with Gasteiger partial charge in [-0.15, -0.1) is 12.4 Å². The first-order chi connectivity index (χ1) is 8.24. The van der Waals surface area contributed by atoms with Gasteiger partial charge in [0.25, 0.3) is 0 Å². The first kappa shape index (κ1) is 14.1. The van der Waals surface area contributed by atoms with E-state index in [9.17, 15) is 4.79 Å². The molecule has 4 atom stereocenters. The number of nitrogens with zero attached hydrogens (tertiary/aromatic N) is 1. The lowest BCUT2D eigenvalue weighted by Crippen LogP contribution is -2.52. The SMILES string of the molecule is CC1CNCCN1C(=O)CC1CC2CCC1C2.Cl. The minimum absolute atomic E-state index is 0. The van der Waals surface area contributed by atoms with E-state index < -0.39 is 0 Å². The van der Waals surface area contributed by atoms with E-state index in [1.54, 1.807) is 0 Å². The van der Waals surface area contributed by atoms with Crippen LogP contribution in [-0.4, -0.2) is 36.5 Å². The molecule has 104 valence electrons. The van der Waals surface area contributed by atoms with Gasteiger partial charge in [-0.25, -0.2) is 0 Å². The Kier molecular flexibility index (Phi) is 4.54. The molecule has 18 heavy (non-hydrogen) atoms. The second-order valence-corrected chi connectivity index (χ2v) is 6.28. The maximum Gasteiger partial charge on any atom is 0.223 e. The molecule has 1 amide bonds. The second-order valence-electron chi connectivity index (χ2n) is 6.28. The highest BCUT2D eigenvalue weighted by Crippen LogP contribution is 2.49. The van der Waals surface area contributed by atoms with Crippen molar-refractivity contribution in [2.75, 3.05) is 19.6 Å². The van der Waals surface area contributed by atoms with E-state index in [2.05, 4.69) is 17.1 Å². The summed E-state index contributed by atoms with van der Waals surface area (Å²) in [5, 5.41) is 3.35. The van der Waals surface area contributed by atoms with Crippen LogP contribution in [0.3, 0.4) is 0 Å². The number of carbonyl (C=O) groups excluding carboxylic acids is 1. The number of halogens is 1. The van der Waals surface area contributed by atoms with Crippen molar-refractivity contribution in [1.82, 2.24) is 10.2 Å². The van der Waals surface area contributed by atoms with E-state index in [1.165, 1.54) is 25.7 Å². The van der Waals surface area contributed by atoms with Crippen LogP contribution in [0.5, 0.6) is 0 Å². The summed E-state index contributed by atoms with van der Waals surface area (Å²) in [4.78, 5) is 14.4. The van der Waals surface area contributed by atoms with Crippen molar-refractivity contribution in [3.63, 3.8) is 0 Å². The Morgan fingerprint density at radius 2 is 2.17 bits per heavy atom. The molecule has 3 nitrogen and oxygen atoms in total. The third-order valence-electron chi connectivity index (χ3n) is 5.14. The molecule has 1 N–H and O–H groups in total. The van der Waals surface area contributed by atoms with Crippen LogP contribution in [0.25, 0.3) is 0 Å². The summed E-state index contributed by atoms with van der Waals surface area (Å²) in [6.45, 7) is 4.99. The third kappa shape index (κ3) is 2.67. The van der Waals surface area contributed by atoms with Crippen molar-refractivity contribution in [2.45, 2.75) is 45.1 Å². The fourth-order valence-electron chi connectivity index (χ4n) is 4.18. The molecule has 2 bridgehead atoms. The minimum Gasteiger partial charge on any atom is -0.337 e. The van der Waals surface area contributed by atoms with Gasteiger partial charge in [0.1, 0.15) is 0 Å². The maximum absolute atomic E-state index is 12.3. The van der Waals surface area contributed by atoms with Gasteiger partial charge < -0.3 is 10.2 Å². The number of carbonyl (C=O) groups is 1. The highest BCUT2D eigenvalue weighted by atomic mass is 35.5. The lowest BCUT2D eigenvalue weighted by molar-refractivity contribution is -0.135.